The van der Waals surface area contributed by atoms with Crippen molar-refractivity contribution in [1.82, 2.24) is 5.32 Å². The SMILES string of the molecule is CNCc1ccccc1NS(=O)(=O)C1CCS(=O)(=O)CC1. The van der Waals surface area contributed by atoms with Crippen LogP contribution in [-0.4, -0.2) is 40.6 Å². The van der Waals surface area contributed by atoms with Gasteiger partial charge in [0.2, 0.25) is 10.0 Å². The molecule has 0 unspecified atom stereocenters. The quantitative estimate of drug-likeness (QED) is 0.829. The molecular formula is C13H20N2O4S2. The van der Waals surface area contributed by atoms with Crippen LogP contribution in [0, 0.1) is 0 Å². The first-order chi connectivity index (χ1) is 9.84. The Morgan fingerprint density at radius 2 is 1.81 bits per heavy atom. The molecule has 0 radical (unpaired) electrons. The summed E-state index contributed by atoms with van der Waals surface area (Å²) in [7, 11) is -4.85. The van der Waals surface area contributed by atoms with Crippen LogP contribution < -0.4 is 10.0 Å². The van der Waals surface area contributed by atoms with Crippen molar-refractivity contribution in [3.05, 3.63) is 29.8 Å². The average Bonchev–Trinajstić information content (AvgIpc) is 2.40. The van der Waals surface area contributed by atoms with E-state index < -0.39 is 25.1 Å². The lowest BCUT2D eigenvalue weighted by atomic mass is 10.2. The zero-order valence-electron chi connectivity index (χ0n) is 11.9. The Kier molecular flexibility index (Phi) is 4.90. The molecule has 1 fully saturated rings. The predicted octanol–water partition coefficient (Wildman–Crippen LogP) is 0.725. The van der Waals surface area contributed by atoms with Gasteiger partial charge in [-0.1, -0.05) is 18.2 Å². The molecule has 6 nitrogen and oxygen atoms in total. The van der Waals surface area contributed by atoms with Crippen molar-refractivity contribution in [2.45, 2.75) is 24.6 Å². The summed E-state index contributed by atoms with van der Waals surface area (Å²) in [6.07, 6.45) is 0.317. The maximum absolute atomic E-state index is 12.4. The minimum absolute atomic E-state index is 0.0588. The van der Waals surface area contributed by atoms with Crippen LogP contribution in [0.2, 0.25) is 0 Å². The highest BCUT2D eigenvalue weighted by Crippen LogP contribution is 2.23. The number of hydrogen-bond acceptors (Lipinski definition) is 5. The van der Waals surface area contributed by atoms with Crippen molar-refractivity contribution in [1.29, 1.82) is 0 Å². The average molecular weight is 332 g/mol. The van der Waals surface area contributed by atoms with Gasteiger partial charge in [-0.15, -0.1) is 0 Å². The molecule has 1 aromatic carbocycles. The molecule has 1 aliphatic heterocycles. The molecule has 118 valence electrons. The molecule has 1 heterocycles. The Morgan fingerprint density at radius 1 is 1.19 bits per heavy atom. The van der Waals surface area contributed by atoms with Crippen LogP contribution in [0.5, 0.6) is 0 Å². The van der Waals surface area contributed by atoms with E-state index in [0.29, 0.717) is 12.2 Å². The third-order valence-electron chi connectivity index (χ3n) is 3.58. The van der Waals surface area contributed by atoms with Gasteiger partial charge >= 0.3 is 0 Å². The molecule has 1 saturated heterocycles. The Hall–Kier alpha value is -1.12. The van der Waals surface area contributed by atoms with Crippen molar-refractivity contribution in [3.63, 3.8) is 0 Å². The van der Waals surface area contributed by atoms with E-state index >= 15 is 0 Å². The van der Waals surface area contributed by atoms with Gasteiger partial charge < -0.3 is 5.32 Å². The van der Waals surface area contributed by atoms with Crippen molar-refractivity contribution in [3.8, 4) is 0 Å². The second-order valence-electron chi connectivity index (χ2n) is 5.19. The van der Waals surface area contributed by atoms with E-state index in [-0.39, 0.29) is 24.3 Å². The van der Waals surface area contributed by atoms with Gasteiger partial charge in [0.15, 0.2) is 0 Å². The number of anilines is 1. The number of hydrogen-bond donors (Lipinski definition) is 2. The zero-order valence-corrected chi connectivity index (χ0v) is 13.5. The third-order valence-corrected chi connectivity index (χ3v) is 7.15. The first kappa shape index (κ1) is 16.3. The van der Waals surface area contributed by atoms with E-state index in [4.69, 9.17) is 0 Å². The summed E-state index contributed by atoms with van der Waals surface area (Å²) >= 11 is 0. The molecule has 0 aliphatic carbocycles. The summed E-state index contributed by atoms with van der Waals surface area (Å²) in [4.78, 5) is 0. The number of para-hydroxylation sites is 1. The molecule has 1 aromatic rings. The lowest BCUT2D eigenvalue weighted by Crippen LogP contribution is -2.36. The topological polar surface area (TPSA) is 92.3 Å². The summed E-state index contributed by atoms with van der Waals surface area (Å²) in [5, 5.41) is 2.34. The standard InChI is InChI=1S/C13H20N2O4S2/c1-14-10-11-4-2-3-5-13(11)15-21(18,19)12-6-8-20(16,17)9-7-12/h2-5,12,14-15H,6-10H2,1H3. The number of rotatable bonds is 5. The van der Waals surface area contributed by atoms with Crippen LogP contribution >= 0.6 is 0 Å². The molecule has 21 heavy (non-hydrogen) atoms. The fourth-order valence-electron chi connectivity index (χ4n) is 2.38. The van der Waals surface area contributed by atoms with Crippen molar-refractivity contribution < 1.29 is 16.8 Å². The number of nitrogens with one attached hydrogen (secondary N) is 2. The first-order valence-corrected chi connectivity index (χ1v) is 10.2. The molecule has 1 aliphatic rings. The third kappa shape index (κ3) is 4.18. The van der Waals surface area contributed by atoms with E-state index in [1.807, 2.05) is 12.1 Å². The molecule has 8 heteroatoms. The van der Waals surface area contributed by atoms with Crippen molar-refractivity contribution >= 4 is 25.5 Å². The van der Waals surface area contributed by atoms with E-state index in [2.05, 4.69) is 10.0 Å². The Balaban J connectivity index is 2.15. The van der Waals surface area contributed by atoms with Gasteiger partial charge in [-0.3, -0.25) is 4.72 Å². The van der Waals surface area contributed by atoms with Crippen LogP contribution in [0.3, 0.4) is 0 Å². The molecule has 0 bridgehead atoms. The summed E-state index contributed by atoms with van der Waals surface area (Å²) < 4.78 is 50.2. The number of sulfonamides is 1. The highest BCUT2D eigenvalue weighted by Gasteiger charge is 2.33. The number of sulfone groups is 1. The fourth-order valence-corrected chi connectivity index (χ4v) is 5.70. The van der Waals surface area contributed by atoms with Crippen LogP contribution in [0.1, 0.15) is 18.4 Å². The smallest absolute Gasteiger partial charge is 0.235 e. The largest absolute Gasteiger partial charge is 0.316 e. The second-order valence-corrected chi connectivity index (χ2v) is 9.45. The predicted molar refractivity (Wildman–Crippen MR) is 83.4 cm³/mol. The van der Waals surface area contributed by atoms with Gasteiger partial charge in [0, 0.05) is 6.54 Å². The molecule has 0 saturated carbocycles. The van der Waals surface area contributed by atoms with Crippen LogP contribution in [0.4, 0.5) is 5.69 Å². The van der Waals surface area contributed by atoms with Gasteiger partial charge in [0.1, 0.15) is 9.84 Å². The molecule has 2 rings (SSSR count). The van der Waals surface area contributed by atoms with E-state index in [0.717, 1.165) is 5.56 Å². The van der Waals surface area contributed by atoms with Crippen LogP contribution in [0.25, 0.3) is 0 Å². The first-order valence-electron chi connectivity index (χ1n) is 6.78. The molecule has 0 aromatic heterocycles. The molecule has 0 atom stereocenters. The Bertz CT molecular complexity index is 685. The highest BCUT2D eigenvalue weighted by molar-refractivity contribution is 7.94. The van der Waals surface area contributed by atoms with Gasteiger partial charge in [0.25, 0.3) is 0 Å². The van der Waals surface area contributed by atoms with Gasteiger partial charge in [0.05, 0.1) is 22.4 Å². The number of benzene rings is 1. The van der Waals surface area contributed by atoms with Gasteiger partial charge in [-0.25, -0.2) is 16.8 Å². The fraction of sp³-hybridized carbons (Fsp3) is 0.538. The summed E-state index contributed by atoms with van der Waals surface area (Å²) in [5.41, 5.74) is 1.40. The summed E-state index contributed by atoms with van der Waals surface area (Å²) in [6, 6.07) is 7.17. The lowest BCUT2D eigenvalue weighted by Gasteiger charge is -2.23. The maximum Gasteiger partial charge on any atom is 0.235 e. The second kappa shape index (κ2) is 6.33. The highest BCUT2D eigenvalue weighted by atomic mass is 32.2. The van der Waals surface area contributed by atoms with E-state index in [9.17, 15) is 16.8 Å². The molecule has 0 amide bonds. The minimum Gasteiger partial charge on any atom is -0.316 e. The van der Waals surface area contributed by atoms with Crippen molar-refractivity contribution in [2.24, 2.45) is 0 Å². The van der Waals surface area contributed by atoms with Gasteiger partial charge in [-0.2, -0.15) is 0 Å². The molecule has 0 spiro atoms. The normalized spacial score (nSPS) is 19.3. The van der Waals surface area contributed by atoms with E-state index in [1.54, 1.807) is 19.2 Å². The molecule has 2 N–H and O–H groups in total. The maximum atomic E-state index is 12.4. The monoisotopic (exact) mass is 332 g/mol. The van der Waals surface area contributed by atoms with Crippen LogP contribution in [0.15, 0.2) is 24.3 Å². The Labute approximate surface area is 125 Å². The zero-order chi connectivity index (χ0) is 15.5. The van der Waals surface area contributed by atoms with E-state index in [1.165, 1.54) is 0 Å². The summed E-state index contributed by atoms with van der Waals surface area (Å²) in [6.45, 7) is 0.553. The molecular weight excluding hydrogens is 312 g/mol. The summed E-state index contributed by atoms with van der Waals surface area (Å²) in [5.74, 6) is -0.118. The van der Waals surface area contributed by atoms with Crippen molar-refractivity contribution in [2.75, 3.05) is 23.3 Å². The minimum atomic E-state index is -3.57. The lowest BCUT2D eigenvalue weighted by molar-refractivity contribution is 0.555. The Morgan fingerprint density at radius 3 is 2.43 bits per heavy atom. The van der Waals surface area contributed by atoms with Crippen LogP contribution in [-0.2, 0) is 26.4 Å². The van der Waals surface area contributed by atoms with Gasteiger partial charge in [-0.05, 0) is 31.5 Å².